The van der Waals surface area contributed by atoms with Crippen LogP contribution in [0.1, 0.15) is 5.76 Å². The molecule has 96 valence electrons. The van der Waals surface area contributed by atoms with Gasteiger partial charge in [-0.1, -0.05) is 17.3 Å². The molecule has 1 aromatic heterocycles. The number of aromatic nitrogens is 1. The first kappa shape index (κ1) is 12.4. The van der Waals surface area contributed by atoms with Crippen LogP contribution in [0.2, 0.25) is 0 Å². The van der Waals surface area contributed by atoms with E-state index in [4.69, 9.17) is 4.52 Å². The lowest BCUT2D eigenvalue weighted by molar-refractivity contribution is 0.400. The largest absolute Gasteiger partial charge is 0.387 e. The van der Waals surface area contributed by atoms with Crippen LogP contribution < -0.4 is 10.0 Å². The number of nitrogens with zero attached hydrogens (tertiary/aromatic N) is 1. The molecule has 2 rings (SSSR count). The van der Waals surface area contributed by atoms with Crippen molar-refractivity contribution in [3.8, 4) is 0 Å². The number of anilines is 2. The number of benzene rings is 1. The van der Waals surface area contributed by atoms with Crippen LogP contribution in [0, 0.1) is 6.92 Å². The van der Waals surface area contributed by atoms with E-state index in [1.807, 2.05) is 0 Å². The van der Waals surface area contributed by atoms with Gasteiger partial charge in [0.15, 0.2) is 5.82 Å². The molecule has 0 spiro atoms. The highest BCUT2D eigenvalue weighted by Gasteiger charge is 2.19. The van der Waals surface area contributed by atoms with Crippen LogP contribution in [0.4, 0.5) is 11.5 Å². The van der Waals surface area contributed by atoms with Crippen LogP contribution >= 0.6 is 0 Å². The first-order valence-electron chi connectivity index (χ1n) is 5.26. The SMILES string of the molecule is CNc1ccccc1S(=O)(=O)Nc1cc(C)on1. The van der Waals surface area contributed by atoms with E-state index in [-0.39, 0.29) is 10.7 Å². The molecule has 1 aromatic carbocycles. The van der Waals surface area contributed by atoms with Crippen molar-refractivity contribution < 1.29 is 12.9 Å². The van der Waals surface area contributed by atoms with Gasteiger partial charge in [-0.05, 0) is 19.1 Å². The average Bonchev–Trinajstić information content (AvgIpc) is 2.74. The van der Waals surface area contributed by atoms with Gasteiger partial charge in [0.1, 0.15) is 10.7 Å². The van der Waals surface area contributed by atoms with Crippen LogP contribution in [-0.4, -0.2) is 20.6 Å². The molecule has 0 amide bonds. The van der Waals surface area contributed by atoms with Crippen molar-refractivity contribution in [2.75, 3.05) is 17.1 Å². The molecule has 18 heavy (non-hydrogen) atoms. The number of nitrogens with one attached hydrogen (secondary N) is 2. The number of aryl methyl sites for hydroxylation is 1. The van der Waals surface area contributed by atoms with E-state index >= 15 is 0 Å². The molecule has 0 unspecified atom stereocenters. The summed E-state index contributed by atoms with van der Waals surface area (Å²) in [5, 5.41) is 6.43. The zero-order chi connectivity index (χ0) is 13.2. The number of hydrogen-bond acceptors (Lipinski definition) is 5. The molecule has 0 aliphatic heterocycles. The summed E-state index contributed by atoms with van der Waals surface area (Å²) < 4.78 is 31.5. The summed E-state index contributed by atoms with van der Waals surface area (Å²) in [5.41, 5.74) is 0.519. The zero-order valence-corrected chi connectivity index (χ0v) is 10.8. The van der Waals surface area contributed by atoms with Gasteiger partial charge >= 0.3 is 0 Å². The first-order valence-corrected chi connectivity index (χ1v) is 6.74. The molecule has 0 aliphatic carbocycles. The quantitative estimate of drug-likeness (QED) is 0.882. The molecule has 2 N–H and O–H groups in total. The van der Waals surface area contributed by atoms with Crippen LogP contribution in [0.3, 0.4) is 0 Å². The lowest BCUT2D eigenvalue weighted by Gasteiger charge is -2.09. The summed E-state index contributed by atoms with van der Waals surface area (Å²) in [6.45, 7) is 1.69. The molecule has 0 saturated heterocycles. The third kappa shape index (κ3) is 2.45. The molecule has 0 atom stereocenters. The fourth-order valence-electron chi connectivity index (χ4n) is 1.51. The van der Waals surface area contributed by atoms with E-state index in [1.54, 1.807) is 32.2 Å². The second-order valence-electron chi connectivity index (χ2n) is 3.67. The minimum Gasteiger partial charge on any atom is -0.387 e. The summed E-state index contributed by atoms with van der Waals surface area (Å²) in [5.74, 6) is 0.702. The van der Waals surface area contributed by atoms with E-state index in [2.05, 4.69) is 15.2 Å². The maximum Gasteiger partial charge on any atom is 0.265 e. The molecule has 0 radical (unpaired) electrons. The average molecular weight is 267 g/mol. The lowest BCUT2D eigenvalue weighted by Crippen LogP contribution is -2.14. The van der Waals surface area contributed by atoms with Gasteiger partial charge in [0.05, 0.1) is 5.69 Å². The van der Waals surface area contributed by atoms with Gasteiger partial charge < -0.3 is 9.84 Å². The van der Waals surface area contributed by atoms with Crippen LogP contribution in [0.25, 0.3) is 0 Å². The first-order chi connectivity index (χ1) is 8.53. The third-order valence-electron chi connectivity index (χ3n) is 2.31. The van der Waals surface area contributed by atoms with Crippen molar-refractivity contribution in [2.24, 2.45) is 0 Å². The Labute approximate surface area is 105 Å². The smallest absolute Gasteiger partial charge is 0.265 e. The maximum absolute atomic E-state index is 12.2. The fraction of sp³-hybridized carbons (Fsp3) is 0.182. The second-order valence-corrected chi connectivity index (χ2v) is 5.33. The van der Waals surface area contributed by atoms with Crippen molar-refractivity contribution in [1.29, 1.82) is 0 Å². The minimum absolute atomic E-state index is 0.160. The molecule has 0 bridgehead atoms. The van der Waals surface area contributed by atoms with E-state index in [0.717, 1.165) is 0 Å². The molecule has 0 fully saturated rings. The molecule has 0 aliphatic rings. The summed E-state index contributed by atoms with van der Waals surface area (Å²) in [7, 11) is -2.02. The second kappa shape index (κ2) is 4.69. The molecule has 2 aromatic rings. The van der Waals surface area contributed by atoms with Gasteiger partial charge in [0.25, 0.3) is 10.0 Å². The molecular formula is C11H13N3O3S. The predicted molar refractivity (Wildman–Crippen MR) is 68.0 cm³/mol. The van der Waals surface area contributed by atoms with Gasteiger partial charge in [0.2, 0.25) is 0 Å². The Kier molecular flexibility index (Phi) is 3.24. The van der Waals surface area contributed by atoms with Crippen LogP contribution in [0.5, 0.6) is 0 Å². The fourth-order valence-corrected chi connectivity index (χ4v) is 2.71. The highest BCUT2D eigenvalue weighted by molar-refractivity contribution is 7.92. The summed E-state index contributed by atoms with van der Waals surface area (Å²) in [4.78, 5) is 0.160. The summed E-state index contributed by atoms with van der Waals surface area (Å²) >= 11 is 0. The standard InChI is InChI=1S/C11H13N3O3S/c1-8-7-11(13-17-8)14-18(15,16)10-6-4-3-5-9(10)12-2/h3-7,12H,1-2H3,(H,13,14). The van der Waals surface area contributed by atoms with Crippen LogP contribution in [-0.2, 0) is 10.0 Å². The monoisotopic (exact) mass is 267 g/mol. The highest BCUT2D eigenvalue weighted by atomic mass is 32.2. The van der Waals surface area contributed by atoms with Crippen molar-refractivity contribution in [3.05, 3.63) is 36.1 Å². The summed E-state index contributed by atoms with van der Waals surface area (Å²) in [6, 6.07) is 8.12. The van der Waals surface area contributed by atoms with Crippen molar-refractivity contribution in [2.45, 2.75) is 11.8 Å². The number of hydrogen-bond donors (Lipinski definition) is 2. The molecule has 7 heteroatoms. The molecule has 1 heterocycles. The Morgan fingerprint density at radius 2 is 2.00 bits per heavy atom. The van der Waals surface area contributed by atoms with E-state index in [0.29, 0.717) is 11.4 Å². The number of rotatable bonds is 4. The van der Waals surface area contributed by atoms with Crippen LogP contribution in [0.15, 0.2) is 39.8 Å². The third-order valence-corrected chi connectivity index (χ3v) is 3.73. The lowest BCUT2D eigenvalue weighted by atomic mass is 10.3. The topological polar surface area (TPSA) is 84.2 Å². The highest BCUT2D eigenvalue weighted by Crippen LogP contribution is 2.22. The number of para-hydroxylation sites is 1. The predicted octanol–water partition coefficient (Wildman–Crippen LogP) is 1.83. The van der Waals surface area contributed by atoms with Gasteiger partial charge in [-0.2, -0.15) is 0 Å². The molecule has 0 saturated carbocycles. The normalized spacial score (nSPS) is 11.2. The Bertz CT molecular complexity index is 649. The maximum atomic E-state index is 12.2. The summed E-state index contributed by atoms with van der Waals surface area (Å²) in [6.07, 6.45) is 0. The van der Waals surface area contributed by atoms with Gasteiger partial charge in [-0.3, -0.25) is 4.72 Å². The van der Waals surface area contributed by atoms with E-state index < -0.39 is 10.0 Å². The Morgan fingerprint density at radius 1 is 1.28 bits per heavy atom. The van der Waals surface area contributed by atoms with Crippen molar-refractivity contribution in [3.63, 3.8) is 0 Å². The minimum atomic E-state index is -3.68. The van der Waals surface area contributed by atoms with Gasteiger partial charge in [-0.25, -0.2) is 8.42 Å². The zero-order valence-electron chi connectivity index (χ0n) is 9.97. The molecule has 6 nitrogen and oxygen atoms in total. The van der Waals surface area contributed by atoms with E-state index in [1.165, 1.54) is 12.1 Å². The molecular weight excluding hydrogens is 254 g/mol. The number of sulfonamides is 1. The Hall–Kier alpha value is -2.02. The Balaban J connectivity index is 2.36. The van der Waals surface area contributed by atoms with E-state index in [9.17, 15) is 8.42 Å². The van der Waals surface area contributed by atoms with Gasteiger partial charge in [-0.15, -0.1) is 0 Å². The Morgan fingerprint density at radius 3 is 2.61 bits per heavy atom. The van der Waals surface area contributed by atoms with Crippen molar-refractivity contribution in [1.82, 2.24) is 5.16 Å². The van der Waals surface area contributed by atoms with Gasteiger partial charge in [0, 0.05) is 13.1 Å². The van der Waals surface area contributed by atoms with Crippen molar-refractivity contribution >= 4 is 21.5 Å².